The van der Waals surface area contributed by atoms with Crippen LogP contribution < -0.4 is 16.2 Å². The zero-order valence-corrected chi connectivity index (χ0v) is 11.4. The first-order chi connectivity index (χ1) is 10.0. The van der Waals surface area contributed by atoms with Crippen molar-refractivity contribution >= 4 is 17.8 Å². The van der Waals surface area contributed by atoms with E-state index in [9.17, 15) is 19.5 Å². The standard InChI is InChI=1S/C14H18N2O5/c15-8-12(17)16-11(14(19)20)6-7-13(18)21-9-10-4-2-1-3-5-10/h1-5,11H,6-9,15H2,(H,16,17)(H,19,20)/p-1/t11-/m0/s1. The van der Waals surface area contributed by atoms with Crippen molar-refractivity contribution in [2.45, 2.75) is 25.5 Å². The summed E-state index contributed by atoms with van der Waals surface area (Å²) in [6.07, 6.45) is -0.252. The van der Waals surface area contributed by atoms with E-state index in [0.29, 0.717) is 0 Å². The van der Waals surface area contributed by atoms with Gasteiger partial charge in [-0.2, -0.15) is 0 Å². The van der Waals surface area contributed by atoms with Crippen LogP contribution in [0.15, 0.2) is 30.3 Å². The van der Waals surface area contributed by atoms with Crippen molar-refractivity contribution < 1.29 is 24.2 Å². The van der Waals surface area contributed by atoms with Gasteiger partial charge in [-0.3, -0.25) is 9.59 Å². The van der Waals surface area contributed by atoms with E-state index in [1.165, 1.54) is 0 Å². The molecule has 1 amide bonds. The van der Waals surface area contributed by atoms with E-state index in [1.54, 1.807) is 12.1 Å². The summed E-state index contributed by atoms with van der Waals surface area (Å²) in [7, 11) is 0. The molecule has 7 nitrogen and oxygen atoms in total. The molecule has 0 saturated carbocycles. The third-order valence-corrected chi connectivity index (χ3v) is 2.68. The predicted octanol–water partition coefficient (Wildman–Crippen LogP) is -1.30. The molecular formula is C14H17N2O5-. The molecule has 0 aliphatic carbocycles. The molecule has 1 aromatic rings. The molecule has 0 radical (unpaired) electrons. The van der Waals surface area contributed by atoms with Gasteiger partial charge in [0.05, 0.1) is 18.6 Å². The molecule has 0 heterocycles. The highest BCUT2D eigenvalue weighted by molar-refractivity contribution is 5.84. The number of hydrogen-bond donors (Lipinski definition) is 2. The second-order valence-corrected chi connectivity index (χ2v) is 4.33. The van der Waals surface area contributed by atoms with Crippen molar-refractivity contribution in [2.75, 3.05) is 6.54 Å². The quantitative estimate of drug-likeness (QED) is 0.575. The third-order valence-electron chi connectivity index (χ3n) is 2.68. The monoisotopic (exact) mass is 293 g/mol. The number of amides is 1. The van der Waals surface area contributed by atoms with Crippen LogP contribution in [-0.2, 0) is 25.7 Å². The Morgan fingerprint density at radius 2 is 1.90 bits per heavy atom. The molecule has 0 unspecified atom stereocenters. The highest BCUT2D eigenvalue weighted by Gasteiger charge is 2.15. The summed E-state index contributed by atoms with van der Waals surface area (Å²) < 4.78 is 5.00. The average molecular weight is 293 g/mol. The Morgan fingerprint density at radius 3 is 2.48 bits per heavy atom. The Bertz CT molecular complexity index is 489. The number of aliphatic carboxylic acids is 1. The highest BCUT2D eigenvalue weighted by atomic mass is 16.5. The minimum Gasteiger partial charge on any atom is -0.548 e. The Hall–Kier alpha value is -2.41. The van der Waals surface area contributed by atoms with E-state index in [4.69, 9.17) is 10.5 Å². The fourth-order valence-corrected chi connectivity index (χ4v) is 1.57. The lowest BCUT2D eigenvalue weighted by Gasteiger charge is -2.18. The largest absolute Gasteiger partial charge is 0.548 e. The summed E-state index contributed by atoms with van der Waals surface area (Å²) in [5, 5.41) is 13.0. The summed E-state index contributed by atoms with van der Waals surface area (Å²) >= 11 is 0. The van der Waals surface area contributed by atoms with Gasteiger partial charge in [0.1, 0.15) is 6.61 Å². The van der Waals surface area contributed by atoms with E-state index < -0.39 is 23.9 Å². The number of hydrogen-bond acceptors (Lipinski definition) is 6. The number of carbonyl (C=O) groups excluding carboxylic acids is 3. The Balaban J connectivity index is 2.36. The second kappa shape index (κ2) is 8.70. The Kier molecular flexibility index (Phi) is 6.90. The molecule has 0 bridgehead atoms. The van der Waals surface area contributed by atoms with Crippen LogP contribution in [0.5, 0.6) is 0 Å². The molecule has 1 atom stereocenters. The minimum atomic E-state index is -1.47. The average Bonchev–Trinajstić information content (AvgIpc) is 2.49. The number of carboxylic acids is 1. The fourth-order valence-electron chi connectivity index (χ4n) is 1.57. The van der Waals surface area contributed by atoms with Crippen LogP contribution in [0.25, 0.3) is 0 Å². The van der Waals surface area contributed by atoms with Gasteiger partial charge in [-0.15, -0.1) is 0 Å². The Morgan fingerprint density at radius 1 is 1.24 bits per heavy atom. The van der Waals surface area contributed by atoms with Crippen molar-refractivity contribution in [3.8, 4) is 0 Å². The van der Waals surface area contributed by atoms with Gasteiger partial charge in [0.15, 0.2) is 0 Å². The van der Waals surface area contributed by atoms with E-state index in [-0.39, 0.29) is 26.0 Å². The van der Waals surface area contributed by atoms with Gasteiger partial charge in [0.2, 0.25) is 5.91 Å². The van der Waals surface area contributed by atoms with Crippen molar-refractivity contribution in [1.82, 2.24) is 5.32 Å². The Labute approximate surface area is 122 Å². The van der Waals surface area contributed by atoms with Gasteiger partial charge in [0, 0.05) is 6.42 Å². The number of benzene rings is 1. The van der Waals surface area contributed by atoms with E-state index >= 15 is 0 Å². The molecule has 0 aromatic heterocycles. The lowest BCUT2D eigenvalue weighted by Crippen LogP contribution is -2.49. The van der Waals surface area contributed by atoms with E-state index in [0.717, 1.165) is 5.56 Å². The number of rotatable bonds is 8. The summed E-state index contributed by atoms with van der Waals surface area (Å²) in [6.45, 7) is -0.215. The maximum absolute atomic E-state index is 11.5. The summed E-state index contributed by atoms with van der Waals surface area (Å²) in [5.74, 6) is -2.64. The number of carbonyl (C=O) groups is 3. The first-order valence-corrected chi connectivity index (χ1v) is 6.42. The molecule has 0 spiro atoms. The molecule has 114 valence electrons. The summed E-state index contributed by atoms with van der Waals surface area (Å²) in [5.41, 5.74) is 5.90. The van der Waals surface area contributed by atoms with E-state index in [2.05, 4.69) is 5.32 Å². The van der Waals surface area contributed by atoms with Gasteiger partial charge in [-0.05, 0) is 12.0 Å². The molecule has 1 rings (SSSR count). The van der Waals surface area contributed by atoms with E-state index in [1.807, 2.05) is 18.2 Å². The van der Waals surface area contributed by atoms with Gasteiger partial charge in [0.25, 0.3) is 0 Å². The molecule has 0 saturated heterocycles. The smallest absolute Gasteiger partial charge is 0.306 e. The van der Waals surface area contributed by atoms with Gasteiger partial charge < -0.3 is 25.7 Å². The van der Waals surface area contributed by atoms with Gasteiger partial charge in [-0.25, -0.2) is 0 Å². The number of esters is 1. The summed E-state index contributed by atoms with van der Waals surface area (Å²) in [6, 6.07) is 7.83. The molecule has 0 aliphatic rings. The zero-order valence-electron chi connectivity index (χ0n) is 11.4. The zero-order chi connectivity index (χ0) is 15.7. The van der Waals surface area contributed by atoms with Crippen LogP contribution in [0, 0.1) is 0 Å². The molecule has 0 fully saturated rings. The minimum absolute atomic E-state index is 0.109. The maximum Gasteiger partial charge on any atom is 0.306 e. The number of carboxylic acid groups (broad SMARTS) is 1. The van der Waals surface area contributed by atoms with Crippen molar-refractivity contribution in [2.24, 2.45) is 5.73 Å². The maximum atomic E-state index is 11.5. The van der Waals surface area contributed by atoms with Crippen LogP contribution in [-0.4, -0.2) is 30.4 Å². The molecule has 21 heavy (non-hydrogen) atoms. The number of nitrogens with one attached hydrogen (secondary N) is 1. The molecular weight excluding hydrogens is 276 g/mol. The number of ether oxygens (including phenoxy) is 1. The van der Waals surface area contributed by atoms with Crippen molar-refractivity contribution in [3.05, 3.63) is 35.9 Å². The van der Waals surface area contributed by atoms with Gasteiger partial charge >= 0.3 is 5.97 Å². The van der Waals surface area contributed by atoms with Crippen LogP contribution in [0.3, 0.4) is 0 Å². The SMILES string of the molecule is NCC(=O)N[C@@H](CCC(=O)OCc1ccccc1)C(=O)[O-]. The van der Waals surface area contributed by atoms with Crippen LogP contribution in [0.2, 0.25) is 0 Å². The molecule has 7 heteroatoms. The fraction of sp³-hybridized carbons (Fsp3) is 0.357. The highest BCUT2D eigenvalue weighted by Crippen LogP contribution is 2.04. The molecule has 0 aliphatic heterocycles. The van der Waals surface area contributed by atoms with Crippen LogP contribution in [0.1, 0.15) is 18.4 Å². The molecule has 1 aromatic carbocycles. The van der Waals surface area contributed by atoms with Crippen LogP contribution in [0.4, 0.5) is 0 Å². The van der Waals surface area contributed by atoms with Crippen molar-refractivity contribution in [3.63, 3.8) is 0 Å². The third kappa shape index (κ3) is 6.53. The first kappa shape index (κ1) is 16.6. The normalized spacial score (nSPS) is 11.5. The summed E-state index contributed by atoms with van der Waals surface area (Å²) in [4.78, 5) is 33.4. The van der Waals surface area contributed by atoms with Crippen LogP contribution >= 0.6 is 0 Å². The lowest BCUT2D eigenvalue weighted by atomic mass is 10.1. The molecule has 3 N–H and O–H groups in total. The topological polar surface area (TPSA) is 122 Å². The second-order valence-electron chi connectivity index (χ2n) is 4.33. The first-order valence-electron chi connectivity index (χ1n) is 6.42. The number of nitrogens with two attached hydrogens (primary N) is 1. The van der Waals surface area contributed by atoms with Crippen molar-refractivity contribution in [1.29, 1.82) is 0 Å². The predicted molar refractivity (Wildman–Crippen MR) is 71.5 cm³/mol. The lowest BCUT2D eigenvalue weighted by molar-refractivity contribution is -0.308. The van der Waals surface area contributed by atoms with Gasteiger partial charge in [-0.1, -0.05) is 30.3 Å².